The standard InChI is InChI=1S/C16H22Cl2N2O/c1-10(12-7-13(17)16(19)14(18)8-12)20-9-15(21)11-5-3-2-4-6-11/h2-6,10,12-14,16,20H,7-9,19H2,1H3. The summed E-state index contributed by atoms with van der Waals surface area (Å²) in [5.41, 5.74) is 6.67. The molecule has 0 aromatic heterocycles. The van der Waals surface area contributed by atoms with Crippen LogP contribution < -0.4 is 11.1 Å². The lowest BCUT2D eigenvalue weighted by molar-refractivity contribution is 0.0982. The van der Waals surface area contributed by atoms with Crippen LogP contribution in [0.15, 0.2) is 30.3 Å². The minimum atomic E-state index is -0.150. The molecule has 3 unspecified atom stereocenters. The van der Waals surface area contributed by atoms with E-state index in [1.54, 1.807) is 0 Å². The van der Waals surface area contributed by atoms with E-state index in [1.807, 2.05) is 30.3 Å². The Kier molecular flexibility index (Phi) is 6.06. The van der Waals surface area contributed by atoms with Crippen molar-refractivity contribution in [3.05, 3.63) is 35.9 Å². The van der Waals surface area contributed by atoms with E-state index in [0.717, 1.165) is 18.4 Å². The van der Waals surface area contributed by atoms with E-state index in [9.17, 15) is 4.79 Å². The topological polar surface area (TPSA) is 55.1 Å². The zero-order valence-corrected chi connectivity index (χ0v) is 13.6. The molecule has 0 heterocycles. The quantitative estimate of drug-likeness (QED) is 0.645. The van der Waals surface area contributed by atoms with Crippen LogP contribution in [0.25, 0.3) is 0 Å². The van der Waals surface area contributed by atoms with Crippen molar-refractivity contribution in [2.24, 2.45) is 11.7 Å². The second-order valence-corrected chi connectivity index (χ2v) is 6.92. The van der Waals surface area contributed by atoms with Crippen LogP contribution in [0.3, 0.4) is 0 Å². The number of nitrogens with one attached hydrogen (secondary N) is 1. The minimum absolute atomic E-state index is 0.0969. The number of ketones is 1. The molecule has 21 heavy (non-hydrogen) atoms. The van der Waals surface area contributed by atoms with Gasteiger partial charge in [-0.15, -0.1) is 23.2 Å². The fourth-order valence-electron chi connectivity index (χ4n) is 2.77. The van der Waals surface area contributed by atoms with Gasteiger partial charge in [0.05, 0.1) is 17.3 Å². The molecule has 3 nitrogen and oxygen atoms in total. The summed E-state index contributed by atoms with van der Waals surface area (Å²) in [5, 5.41) is 3.11. The molecule has 0 bridgehead atoms. The van der Waals surface area contributed by atoms with Crippen LogP contribution in [0.5, 0.6) is 0 Å². The van der Waals surface area contributed by atoms with Gasteiger partial charge in [0.1, 0.15) is 0 Å². The molecule has 0 aliphatic heterocycles. The van der Waals surface area contributed by atoms with Crippen LogP contribution in [-0.2, 0) is 0 Å². The van der Waals surface area contributed by atoms with Crippen molar-refractivity contribution in [3.63, 3.8) is 0 Å². The highest BCUT2D eigenvalue weighted by molar-refractivity contribution is 6.24. The average Bonchev–Trinajstić information content (AvgIpc) is 2.50. The van der Waals surface area contributed by atoms with Crippen LogP contribution in [0.4, 0.5) is 0 Å². The monoisotopic (exact) mass is 328 g/mol. The van der Waals surface area contributed by atoms with E-state index in [1.165, 1.54) is 0 Å². The molecule has 1 aliphatic rings. The van der Waals surface area contributed by atoms with Crippen LogP contribution in [0.2, 0.25) is 0 Å². The third kappa shape index (κ3) is 4.43. The molecule has 3 atom stereocenters. The third-order valence-electron chi connectivity index (χ3n) is 4.28. The number of hydrogen-bond donors (Lipinski definition) is 2. The number of carbonyl (C=O) groups excluding carboxylic acids is 1. The number of halogens is 2. The van der Waals surface area contributed by atoms with Crippen molar-refractivity contribution in [3.8, 4) is 0 Å². The number of benzene rings is 1. The Hall–Kier alpha value is -0.610. The molecule has 0 saturated heterocycles. The normalized spacial score (nSPS) is 30.9. The van der Waals surface area contributed by atoms with Crippen molar-refractivity contribution >= 4 is 29.0 Å². The van der Waals surface area contributed by atoms with E-state index in [0.29, 0.717) is 12.5 Å². The zero-order valence-electron chi connectivity index (χ0n) is 12.1. The molecule has 1 aliphatic carbocycles. The summed E-state index contributed by atoms with van der Waals surface area (Å²) in [6, 6.07) is 9.34. The van der Waals surface area contributed by atoms with Gasteiger partial charge in [0, 0.05) is 17.6 Å². The maximum Gasteiger partial charge on any atom is 0.176 e. The van der Waals surface area contributed by atoms with Gasteiger partial charge in [0.2, 0.25) is 0 Å². The van der Waals surface area contributed by atoms with Crippen molar-refractivity contribution in [2.45, 2.75) is 42.6 Å². The molecule has 1 aromatic carbocycles. The Labute approximate surface area is 136 Å². The fraction of sp³-hybridized carbons (Fsp3) is 0.562. The lowest BCUT2D eigenvalue weighted by Gasteiger charge is -2.37. The molecule has 5 heteroatoms. The molecular weight excluding hydrogens is 307 g/mol. The van der Waals surface area contributed by atoms with Gasteiger partial charge < -0.3 is 11.1 Å². The fourth-order valence-corrected chi connectivity index (χ4v) is 3.65. The maximum absolute atomic E-state index is 12.1. The van der Waals surface area contributed by atoms with Gasteiger partial charge in [-0.1, -0.05) is 30.3 Å². The zero-order chi connectivity index (χ0) is 15.4. The third-order valence-corrected chi connectivity index (χ3v) is 5.22. The smallest absolute Gasteiger partial charge is 0.176 e. The van der Waals surface area contributed by atoms with Crippen molar-refractivity contribution in [2.75, 3.05) is 6.54 Å². The number of Topliss-reactive ketones (excluding diaryl/α,β-unsaturated/α-hetero) is 1. The number of alkyl halides is 2. The first-order valence-corrected chi connectivity index (χ1v) is 8.21. The van der Waals surface area contributed by atoms with Crippen molar-refractivity contribution < 1.29 is 4.79 Å². The Bertz CT molecular complexity index is 457. The summed E-state index contributed by atoms with van der Waals surface area (Å²) in [4.78, 5) is 12.1. The lowest BCUT2D eigenvalue weighted by atomic mass is 9.81. The number of carbonyl (C=O) groups is 1. The summed E-state index contributed by atoms with van der Waals surface area (Å²) in [6.45, 7) is 2.40. The highest BCUT2D eigenvalue weighted by Gasteiger charge is 2.35. The van der Waals surface area contributed by atoms with Gasteiger partial charge in [-0.2, -0.15) is 0 Å². The maximum atomic E-state index is 12.1. The first-order chi connectivity index (χ1) is 9.99. The van der Waals surface area contributed by atoms with E-state index < -0.39 is 0 Å². The van der Waals surface area contributed by atoms with E-state index in [2.05, 4.69) is 12.2 Å². The Balaban J connectivity index is 1.85. The van der Waals surface area contributed by atoms with E-state index in [-0.39, 0.29) is 28.6 Å². The van der Waals surface area contributed by atoms with Crippen molar-refractivity contribution in [1.29, 1.82) is 0 Å². The Morgan fingerprint density at radius 3 is 2.43 bits per heavy atom. The molecule has 3 N–H and O–H groups in total. The number of hydrogen-bond acceptors (Lipinski definition) is 3. The molecule has 1 saturated carbocycles. The largest absolute Gasteiger partial charge is 0.325 e. The molecule has 0 spiro atoms. The number of rotatable bonds is 5. The molecule has 116 valence electrons. The van der Waals surface area contributed by atoms with Crippen molar-refractivity contribution in [1.82, 2.24) is 5.32 Å². The molecule has 0 radical (unpaired) electrons. The van der Waals surface area contributed by atoms with Gasteiger partial charge in [0.15, 0.2) is 5.78 Å². The van der Waals surface area contributed by atoms with Crippen LogP contribution in [0, 0.1) is 5.92 Å². The second-order valence-electron chi connectivity index (χ2n) is 5.80. The van der Waals surface area contributed by atoms with Gasteiger partial charge >= 0.3 is 0 Å². The molecule has 1 aromatic rings. The first kappa shape index (κ1) is 16.8. The molecule has 2 rings (SSSR count). The number of nitrogens with two attached hydrogens (primary N) is 1. The molecule has 1 fully saturated rings. The van der Waals surface area contributed by atoms with Crippen LogP contribution in [-0.4, -0.2) is 35.2 Å². The predicted octanol–water partition coefficient (Wildman–Crippen LogP) is 2.80. The summed E-state index contributed by atoms with van der Waals surface area (Å²) in [6.07, 6.45) is 1.67. The molecular formula is C16H22Cl2N2O. The highest BCUT2D eigenvalue weighted by atomic mass is 35.5. The predicted molar refractivity (Wildman–Crippen MR) is 88.2 cm³/mol. The van der Waals surface area contributed by atoms with Crippen LogP contribution in [0.1, 0.15) is 30.1 Å². The van der Waals surface area contributed by atoms with Gasteiger partial charge in [-0.25, -0.2) is 0 Å². The van der Waals surface area contributed by atoms with E-state index >= 15 is 0 Å². The Morgan fingerprint density at radius 1 is 1.29 bits per heavy atom. The minimum Gasteiger partial charge on any atom is -0.325 e. The Morgan fingerprint density at radius 2 is 1.86 bits per heavy atom. The van der Waals surface area contributed by atoms with Gasteiger partial charge in [-0.3, -0.25) is 4.79 Å². The molecule has 0 amide bonds. The highest BCUT2D eigenvalue weighted by Crippen LogP contribution is 2.32. The lowest BCUT2D eigenvalue weighted by Crippen LogP contribution is -2.49. The second kappa shape index (κ2) is 7.59. The summed E-state index contributed by atoms with van der Waals surface area (Å²) in [7, 11) is 0. The summed E-state index contributed by atoms with van der Waals surface area (Å²) in [5.74, 6) is 0.443. The van der Waals surface area contributed by atoms with E-state index in [4.69, 9.17) is 28.9 Å². The summed E-state index contributed by atoms with van der Waals surface area (Å²) >= 11 is 12.5. The van der Waals surface area contributed by atoms with Crippen LogP contribution >= 0.6 is 23.2 Å². The SMILES string of the molecule is CC(NCC(=O)c1ccccc1)C1CC(Cl)C(N)C(Cl)C1. The first-order valence-electron chi connectivity index (χ1n) is 7.34. The average molecular weight is 329 g/mol. The summed E-state index contributed by atoms with van der Waals surface area (Å²) < 4.78 is 0. The van der Waals surface area contributed by atoms with Gasteiger partial charge in [0.25, 0.3) is 0 Å². The van der Waals surface area contributed by atoms with Gasteiger partial charge in [-0.05, 0) is 25.7 Å².